The van der Waals surface area contributed by atoms with E-state index in [0.717, 1.165) is 30.8 Å². The standard InChI is InChI=1S/C18H19NO2/c1-20-17-8-4-2-6-14(17)10-11-19-12-15-13-21-18-9-5-3-7-16(15)18/h2-9,13,19H,10-12H2,1H3. The van der Waals surface area contributed by atoms with Gasteiger partial charge in [-0.1, -0.05) is 36.4 Å². The fourth-order valence-corrected chi connectivity index (χ4v) is 2.53. The molecule has 21 heavy (non-hydrogen) atoms. The van der Waals surface area contributed by atoms with Crippen molar-refractivity contribution in [2.45, 2.75) is 13.0 Å². The number of hydrogen-bond acceptors (Lipinski definition) is 3. The molecule has 0 bridgehead atoms. The summed E-state index contributed by atoms with van der Waals surface area (Å²) in [6.07, 6.45) is 2.78. The summed E-state index contributed by atoms with van der Waals surface area (Å²) in [7, 11) is 1.71. The first-order valence-electron chi connectivity index (χ1n) is 7.16. The first-order valence-corrected chi connectivity index (χ1v) is 7.16. The van der Waals surface area contributed by atoms with Gasteiger partial charge in [-0.25, -0.2) is 0 Å². The molecule has 0 atom stereocenters. The number of furan rings is 1. The highest BCUT2D eigenvalue weighted by Gasteiger charge is 2.05. The zero-order valence-corrected chi connectivity index (χ0v) is 12.1. The van der Waals surface area contributed by atoms with E-state index in [9.17, 15) is 0 Å². The lowest BCUT2D eigenvalue weighted by molar-refractivity contribution is 0.409. The lowest BCUT2D eigenvalue weighted by atomic mass is 10.1. The highest BCUT2D eigenvalue weighted by molar-refractivity contribution is 5.80. The molecule has 0 saturated heterocycles. The molecule has 0 spiro atoms. The molecule has 108 valence electrons. The first-order chi connectivity index (χ1) is 10.4. The maximum atomic E-state index is 5.54. The predicted molar refractivity (Wildman–Crippen MR) is 84.6 cm³/mol. The van der Waals surface area contributed by atoms with Gasteiger partial charge in [0.2, 0.25) is 0 Å². The van der Waals surface area contributed by atoms with Crippen molar-refractivity contribution < 1.29 is 9.15 Å². The van der Waals surface area contributed by atoms with E-state index in [1.54, 1.807) is 7.11 Å². The monoisotopic (exact) mass is 281 g/mol. The molecule has 2 aromatic carbocycles. The van der Waals surface area contributed by atoms with Crippen molar-refractivity contribution in [1.82, 2.24) is 5.32 Å². The van der Waals surface area contributed by atoms with Crippen LogP contribution in [0.2, 0.25) is 0 Å². The first kappa shape index (κ1) is 13.7. The van der Waals surface area contributed by atoms with Crippen LogP contribution in [0.5, 0.6) is 5.75 Å². The minimum absolute atomic E-state index is 0.812. The lowest BCUT2D eigenvalue weighted by Gasteiger charge is -2.08. The van der Waals surface area contributed by atoms with Gasteiger partial charge in [0.1, 0.15) is 11.3 Å². The second kappa shape index (κ2) is 6.46. The average molecular weight is 281 g/mol. The Morgan fingerprint density at radius 2 is 1.81 bits per heavy atom. The molecule has 0 amide bonds. The van der Waals surface area contributed by atoms with Crippen LogP contribution in [-0.4, -0.2) is 13.7 Å². The van der Waals surface area contributed by atoms with Gasteiger partial charge in [-0.2, -0.15) is 0 Å². The average Bonchev–Trinajstić information content (AvgIpc) is 2.95. The molecule has 1 aromatic heterocycles. The summed E-state index contributed by atoms with van der Waals surface area (Å²) in [5.41, 5.74) is 3.37. The molecular weight excluding hydrogens is 262 g/mol. The van der Waals surface area contributed by atoms with E-state index in [2.05, 4.69) is 17.4 Å². The SMILES string of the molecule is COc1ccccc1CCNCc1coc2ccccc12. The van der Waals surface area contributed by atoms with Crippen molar-refractivity contribution in [3.8, 4) is 5.75 Å². The topological polar surface area (TPSA) is 34.4 Å². The van der Waals surface area contributed by atoms with Crippen LogP contribution in [0.1, 0.15) is 11.1 Å². The Bertz CT molecular complexity index is 718. The third kappa shape index (κ3) is 3.09. The van der Waals surface area contributed by atoms with Crippen LogP contribution in [0.15, 0.2) is 59.2 Å². The fraction of sp³-hybridized carbons (Fsp3) is 0.222. The van der Waals surface area contributed by atoms with Crippen LogP contribution in [-0.2, 0) is 13.0 Å². The Labute approximate surface area is 124 Å². The second-order valence-electron chi connectivity index (χ2n) is 5.00. The van der Waals surface area contributed by atoms with E-state index in [4.69, 9.17) is 9.15 Å². The largest absolute Gasteiger partial charge is 0.496 e. The molecule has 0 aliphatic rings. The summed E-state index contributed by atoms with van der Waals surface area (Å²) in [4.78, 5) is 0. The molecule has 3 heteroatoms. The Morgan fingerprint density at radius 1 is 1.00 bits per heavy atom. The summed E-state index contributed by atoms with van der Waals surface area (Å²) < 4.78 is 10.9. The maximum Gasteiger partial charge on any atom is 0.134 e. The van der Waals surface area contributed by atoms with Crippen molar-refractivity contribution >= 4 is 11.0 Å². The number of methoxy groups -OCH3 is 1. The minimum Gasteiger partial charge on any atom is -0.496 e. The molecule has 3 nitrogen and oxygen atoms in total. The number of rotatable bonds is 6. The van der Waals surface area contributed by atoms with Gasteiger partial charge in [-0.05, 0) is 30.7 Å². The molecule has 3 aromatic rings. The zero-order valence-electron chi connectivity index (χ0n) is 12.1. The van der Waals surface area contributed by atoms with Crippen LogP contribution < -0.4 is 10.1 Å². The predicted octanol–water partition coefficient (Wildman–Crippen LogP) is 3.77. The van der Waals surface area contributed by atoms with Gasteiger partial charge in [-0.15, -0.1) is 0 Å². The second-order valence-corrected chi connectivity index (χ2v) is 5.00. The van der Waals surface area contributed by atoms with Gasteiger partial charge in [0, 0.05) is 17.5 Å². The highest BCUT2D eigenvalue weighted by atomic mass is 16.5. The fourth-order valence-electron chi connectivity index (χ4n) is 2.53. The number of hydrogen-bond donors (Lipinski definition) is 1. The van der Waals surface area contributed by atoms with Gasteiger partial charge in [-0.3, -0.25) is 0 Å². The number of para-hydroxylation sites is 2. The molecule has 3 rings (SSSR count). The van der Waals surface area contributed by atoms with Crippen LogP contribution in [0, 0.1) is 0 Å². The van der Waals surface area contributed by atoms with Gasteiger partial charge >= 0.3 is 0 Å². The molecule has 1 N–H and O–H groups in total. The Balaban J connectivity index is 1.57. The van der Waals surface area contributed by atoms with Crippen LogP contribution in [0.3, 0.4) is 0 Å². The van der Waals surface area contributed by atoms with E-state index in [1.807, 2.05) is 42.7 Å². The van der Waals surface area contributed by atoms with Crippen molar-refractivity contribution in [1.29, 1.82) is 0 Å². The Hall–Kier alpha value is -2.26. The van der Waals surface area contributed by atoms with Crippen LogP contribution in [0.25, 0.3) is 11.0 Å². The van der Waals surface area contributed by atoms with Crippen LogP contribution in [0.4, 0.5) is 0 Å². The number of fused-ring (bicyclic) bond motifs is 1. The summed E-state index contributed by atoms with van der Waals surface area (Å²) >= 11 is 0. The summed E-state index contributed by atoms with van der Waals surface area (Å²) in [5.74, 6) is 0.952. The smallest absolute Gasteiger partial charge is 0.134 e. The van der Waals surface area contributed by atoms with Gasteiger partial charge in [0.25, 0.3) is 0 Å². The quantitative estimate of drug-likeness (QED) is 0.698. The minimum atomic E-state index is 0.812. The Morgan fingerprint density at radius 3 is 2.71 bits per heavy atom. The summed E-state index contributed by atoms with van der Waals surface area (Å²) in [5, 5.41) is 4.65. The van der Waals surface area contributed by atoms with Gasteiger partial charge < -0.3 is 14.5 Å². The number of nitrogens with one attached hydrogen (secondary N) is 1. The third-order valence-electron chi connectivity index (χ3n) is 3.64. The summed E-state index contributed by atoms with van der Waals surface area (Å²) in [6.45, 7) is 1.71. The van der Waals surface area contributed by atoms with E-state index in [1.165, 1.54) is 16.5 Å². The molecule has 1 heterocycles. The lowest BCUT2D eigenvalue weighted by Crippen LogP contribution is -2.16. The molecule has 0 unspecified atom stereocenters. The molecule has 0 aliphatic carbocycles. The van der Waals surface area contributed by atoms with E-state index >= 15 is 0 Å². The Kier molecular flexibility index (Phi) is 4.22. The van der Waals surface area contributed by atoms with Crippen LogP contribution >= 0.6 is 0 Å². The van der Waals surface area contributed by atoms with E-state index in [-0.39, 0.29) is 0 Å². The maximum absolute atomic E-state index is 5.54. The van der Waals surface area contributed by atoms with E-state index < -0.39 is 0 Å². The molecule has 0 fully saturated rings. The summed E-state index contributed by atoms with van der Waals surface area (Å²) in [6, 6.07) is 16.3. The van der Waals surface area contributed by atoms with Crippen molar-refractivity contribution in [2.24, 2.45) is 0 Å². The van der Waals surface area contributed by atoms with E-state index in [0.29, 0.717) is 0 Å². The van der Waals surface area contributed by atoms with Gasteiger partial charge in [0.15, 0.2) is 0 Å². The molecule has 0 radical (unpaired) electrons. The molecular formula is C18H19NO2. The number of ether oxygens (including phenoxy) is 1. The van der Waals surface area contributed by atoms with Crippen molar-refractivity contribution in [3.63, 3.8) is 0 Å². The zero-order chi connectivity index (χ0) is 14.5. The highest BCUT2D eigenvalue weighted by Crippen LogP contribution is 2.20. The molecule has 0 saturated carbocycles. The normalized spacial score (nSPS) is 10.9. The van der Waals surface area contributed by atoms with Crippen molar-refractivity contribution in [3.05, 3.63) is 65.9 Å². The third-order valence-corrected chi connectivity index (χ3v) is 3.64. The number of benzene rings is 2. The van der Waals surface area contributed by atoms with Gasteiger partial charge in [0.05, 0.1) is 13.4 Å². The van der Waals surface area contributed by atoms with Crippen molar-refractivity contribution in [2.75, 3.05) is 13.7 Å². The molecule has 0 aliphatic heterocycles.